The third-order valence-electron chi connectivity index (χ3n) is 1.94. The fourth-order valence-corrected chi connectivity index (χ4v) is 1.34. The molecule has 17 heavy (non-hydrogen) atoms. The number of pyridine rings is 1. The van der Waals surface area contributed by atoms with Crippen LogP contribution in [0.15, 0.2) is 23.0 Å². The van der Waals surface area contributed by atoms with Gasteiger partial charge in [0.2, 0.25) is 0 Å². The van der Waals surface area contributed by atoms with Crippen LogP contribution in [-0.4, -0.2) is 15.1 Å². The maximum Gasteiger partial charge on any atom is 0.417 e. The molecule has 4 nitrogen and oxygen atoms in total. The van der Waals surface area contributed by atoms with E-state index in [0.29, 0.717) is 0 Å². The van der Waals surface area contributed by atoms with Crippen molar-refractivity contribution in [1.82, 2.24) is 15.1 Å². The molecule has 0 radical (unpaired) electrons. The van der Waals surface area contributed by atoms with Crippen molar-refractivity contribution < 1.29 is 17.7 Å². The summed E-state index contributed by atoms with van der Waals surface area (Å²) in [6.07, 6.45) is -2.44. The number of hydrogen-bond donors (Lipinski definition) is 0. The molecule has 0 N–H and O–H groups in total. The van der Waals surface area contributed by atoms with Crippen molar-refractivity contribution in [2.75, 3.05) is 0 Å². The normalized spacial score (nSPS) is 11.8. The molecular weight excluding hydrogens is 259 g/mol. The molecule has 2 heterocycles. The lowest BCUT2D eigenvalue weighted by Crippen LogP contribution is -2.07. The van der Waals surface area contributed by atoms with Gasteiger partial charge < -0.3 is 4.52 Å². The average molecular weight is 264 g/mol. The molecule has 0 aliphatic rings. The predicted octanol–water partition coefficient (Wildman–Crippen LogP) is 2.89. The van der Waals surface area contributed by atoms with Gasteiger partial charge in [-0.1, -0.05) is 5.16 Å². The predicted molar refractivity (Wildman–Crippen MR) is 52.1 cm³/mol. The van der Waals surface area contributed by atoms with Crippen LogP contribution in [0.3, 0.4) is 0 Å². The number of rotatable bonds is 2. The molecular formula is C9H5ClF3N3O. The second-order valence-corrected chi connectivity index (χ2v) is 3.34. The van der Waals surface area contributed by atoms with Gasteiger partial charge in [-0.25, -0.2) is 0 Å². The van der Waals surface area contributed by atoms with E-state index in [9.17, 15) is 13.2 Å². The van der Waals surface area contributed by atoms with Gasteiger partial charge >= 0.3 is 6.18 Å². The quantitative estimate of drug-likeness (QED) is 0.782. The number of hydrogen-bond acceptors (Lipinski definition) is 4. The molecule has 0 spiro atoms. The molecule has 0 aromatic carbocycles. The van der Waals surface area contributed by atoms with Crippen LogP contribution in [0.4, 0.5) is 13.2 Å². The van der Waals surface area contributed by atoms with Gasteiger partial charge in [-0.3, -0.25) is 4.98 Å². The van der Waals surface area contributed by atoms with Crippen LogP contribution in [0.1, 0.15) is 11.4 Å². The van der Waals surface area contributed by atoms with Crippen LogP contribution in [0, 0.1) is 0 Å². The molecule has 0 bridgehead atoms. The summed E-state index contributed by atoms with van der Waals surface area (Å²) in [6.45, 7) is 0. The summed E-state index contributed by atoms with van der Waals surface area (Å²) in [5.74, 6) is -0.162. The zero-order valence-electron chi connectivity index (χ0n) is 8.20. The van der Waals surface area contributed by atoms with Crippen molar-refractivity contribution in [1.29, 1.82) is 0 Å². The summed E-state index contributed by atoms with van der Waals surface area (Å²) < 4.78 is 42.7. The van der Waals surface area contributed by atoms with Gasteiger partial charge in [0.1, 0.15) is 0 Å². The first-order chi connectivity index (χ1) is 8.02. The molecule has 0 fully saturated rings. The minimum absolute atomic E-state index is 0.0366. The van der Waals surface area contributed by atoms with Gasteiger partial charge in [0, 0.05) is 12.4 Å². The summed E-state index contributed by atoms with van der Waals surface area (Å²) in [5, 5.41) is 3.42. The van der Waals surface area contributed by atoms with E-state index in [4.69, 9.17) is 16.1 Å². The molecule has 8 heteroatoms. The largest absolute Gasteiger partial charge is 0.417 e. The zero-order valence-corrected chi connectivity index (χ0v) is 8.96. The number of aromatic nitrogens is 3. The summed E-state index contributed by atoms with van der Waals surface area (Å²) >= 11 is 5.43. The molecule has 0 atom stereocenters. The standard InChI is InChI=1S/C9H5ClF3N3O/c10-3-7-15-8(17-16-7)5-4-14-2-1-6(5)9(11,12)13/h1-2,4H,3H2. The first-order valence-corrected chi connectivity index (χ1v) is 4.96. The Balaban J connectivity index is 2.52. The van der Waals surface area contributed by atoms with Crippen molar-refractivity contribution in [3.05, 3.63) is 29.8 Å². The van der Waals surface area contributed by atoms with Gasteiger partial charge in [-0.05, 0) is 6.07 Å². The van der Waals surface area contributed by atoms with Crippen LogP contribution in [0.25, 0.3) is 11.5 Å². The van der Waals surface area contributed by atoms with E-state index in [2.05, 4.69) is 15.1 Å². The molecule has 90 valence electrons. The van der Waals surface area contributed by atoms with E-state index in [1.807, 2.05) is 0 Å². The molecule has 2 aromatic heterocycles. The van der Waals surface area contributed by atoms with E-state index >= 15 is 0 Å². The lowest BCUT2D eigenvalue weighted by molar-refractivity contribution is -0.137. The van der Waals surface area contributed by atoms with E-state index in [1.54, 1.807) is 0 Å². The van der Waals surface area contributed by atoms with E-state index in [0.717, 1.165) is 18.5 Å². The molecule has 2 aromatic rings. The molecule has 0 amide bonds. The Morgan fingerprint density at radius 2 is 2.12 bits per heavy atom. The van der Waals surface area contributed by atoms with Crippen LogP contribution < -0.4 is 0 Å². The van der Waals surface area contributed by atoms with Crippen molar-refractivity contribution in [3.8, 4) is 11.5 Å². The Hall–Kier alpha value is -1.63. The highest BCUT2D eigenvalue weighted by atomic mass is 35.5. The highest BCUT2D eigenvalue weighted by molar-refractivity contribution is 6.16. The lowest BCUT2D eigenvalue weighted by Gasteiger charge is -2.08. The van der Waals surface area contributed by atoms with Crippen LogP contribution >= 0.6 is 11.6 Å². The minimum atomic E-state index is -4.51. The smallest absolute Gasteiger partial charge is 0.334 e. The minimum Gasteiger partial charge on any atom is -0.334 e. The van der Waals surface area contributed by atoms with Crippen molar-refractivity contribution in [3.63, 3.8) is 0 Å². The molecule has 0 unspecified atom stereocenters. The first kappa shape index (κ1) is 11.8. The maximum absolute atomic E-state index is 12.7. The summed E-state index contributed by atoms with van der Waals surface area (Å²) in [6, 6.07) is 0.847. The Kier molecular flexibility index (Phi) is 3.01. The number of halogens is 4. The zero-order chi connectivity index (χ0) is 12.5. The number of alkyl halides is 4. The Morgan fingerprint density at radius 1 is 1.35 bits per heavy atom. The van der Waals surface area contributed by atoms with Gasteiger partial charge in [-0.2, -0.15) is 18.2 Å². The van der Waals surface area contributed by atoms with Crippen LogP contribution in [0.5, 0.6) is 0 Å². The Labute approximate surface area is 98.4 Å². The first-order valence-electron chi connectivity index (χ1n) is 4.42. The van der Waals surface area contributed by atoms with Crippen LogP contribution in [-0.2, 0) is 12.1 Å². The van der Waals surface area contributed by atoms with Crippen molar-refractivity contribution in [2.45, 2.75) is 12.1 Å². The van der Waals surface area contributed by atoms with Gasteiger partial charge in [-0.15, -0.1) is 11.6 Å². The molecule has 0 saturated carbocycles. The topological polar surface area (TPSA) is 51.8 Å². The Morgan fingerprint density at radius 3 is 2.71 bits per heavy atom. The van der Waals surface area contributed by atoms with E-state index < -0.39 is 11.7 Å². The maximum atomic E-state index is 12.7. The average Bonchev–Trinajstić information content (AvgIpc) is 2.76. The fourth-order valence-electron chi connectivity index (χ4n) is 1.23. The van der Waals surface area contributed by atoms with Crippen LogP contribution in [0.2, 0.25) is 0 Å². The SMILES string of the molecule is FC(F)(F)c1ccncc1-c1nc(CCl)no1. The lowest BCUT2D eigenvalue weighted by atomic mass is 10.1. The highest BCUT2D eigenvalue weighted by Crippen LogP contribution is 2.35. The summed E-state index contributed by atoms with van der Waals surface area (Å²) in [5.41, 5.74) is -1.14. The monoisotopic (exact) mass is 263 g/mol. The van der Waals surface area contributed by atoms with E-state index in [-0.39, 0.29) is 23.2 Å². The molecule has 2 rings (SSSR count). The third kappa shape index (κ3) is 2.38. The molecule has 0 aliphatic heterocycles. The third-order valence-corrected chi connectivity index (χ3v) is 2.18. The second-order valence-electron chi connectivity index (χ2n) is 3.07. The highest BCUT2D eigenvalue weighted by Gasteiger charge is 2.35. The van der Waals surface area contributed by atoms with E-state index in [1.165, 1.54) is 0 Å². The summed E-state index contributed by atoms with van der Waals surface area (Å²) in [7, 11) is 0. The van der Waals surface area contributed by atoms with Gasteiger partial charge in [0.15, 0.2) is 5.82 Å². The second kappa shape index (κ2) is 4.33. The Bertz CT molecular complexity index is 526. The molecule has 0 aliphatic carbocycles. The van der Waals surface area contributed by atoms with Gasteiger partial charge in [0.25, 0.3) is 5.89 Å². The molecule has 0 saturated heterocycles. The van der Waals surface area contributed by atoms with Gasteiger partial charge in [0.05, 0.1) is 17.0 Å². The van der Waals surface area contributed by atoms with Crippen molar-refractivity contribution in [2.24, 2.45) is 0 Å². The fraction of sp³-hybridized carbons (Fsp3) is 0.222. The number of nitrogens with zero attached hydrogens (tertiary/aromatic N) is 3. The summed E-state index contributed by atoms with van der Waals surface area (Å²) in [4.78, 5) is 7.33. The van der Waals surface area contributed by atoms with Crippen molar-refractivity contribution >= 4 is 11.6 Å².